The summed E-state index contributed by atoms with van der Waals surface area (Å²) in [6.45, 7) is -0.730. The molecular weight excluding hydrogens is 664 g/mol. The van der Waals surface area contributed by atoms with Crippen LogP contribution in [0.1, 0.15) is 15.9 Å². The largest absolute Gasteiger partial charge is 0.493 e. The Labute approximate surface area is 285 Å². The highest BCUT2D eigenvalue weighted by atomic mass is 16.8. The summed E-state index contributed by atoms with van der Waals surface area (Å²) in [4.78, 5) is 13.5. The van der Waals surface area contributed by atoms with Crippen molar-refractivity contribution in [1.29, 1.82) is 0 Å². The van der Waals surface area contributed by atoms with Gasteiger partial charge in [-0.1, -0.05) is 6.07 Å². The number of aliphatic hydroxyl groups is 4. The predicted molar refractivity (Wildman–Crippen MR) is 168 cm³/mol. The number of benzene rings is 3. The first-order chi connectivity index (χ1) is 24.2. The Bertz CT molecular complexity index is 1740. The average molecular weight is 703 g/mol. The van der Waals surface area contributed by atoms with Crippen LogP contribution in [-0.4, -0.2) is 130 Å². The molecule has 9 atom stereocenters. The third kappa shape index (κ3) is 5.75. The third-order valence-electron chi connectivity index (χ3n) is 9.41. The van der Waals surface area contributed by atoms with E-state index in [1.165, 1.54) is 28.4 Å². The number of esters is 1. The highest BCUT2D eigenvalue weighted by Crippen LogP contribution is 2.50. The topological polar surface area (TPSA) is 200 Å². The summed E-state index contributed by atoms with van der Waals surface area (Å²) in [6, 6.07) is 8.80. The number of methoxy groups -OCH3 is 4. The van der Waals surface area contributed by atoms with Gasteiger partial charge >= 0.3 is 5.97 Å². The molecule has 7 rings (SSSR count). The number of aliphatic hydroxyl groups excluding tert-OH is 4. The second-order valence-electron chi connectivity index (χ2n) is 12.0. The van der Waals surface area contributed by atoms with E-state index in [0.717, 1.165) is 0 Å². The van der Waals surface area contributed by atoms with Gasteiger partial charge < -0.3 is 72.5 Å². The summed E-state index contributed by atoms with van der Waals surface area (Å²) in [5.74, 6) is 1.47. The van der Waals surface area contributed by atoms with Crippen molar-refractivity contribution in [3.8, 4) is 39.9 Å². The van der Waals surface area contributed by atoms with E-state index in [-0.39, 0.29) is 31.3 Å². The Kier molecular flexibility index (Phi) is 9.64. The lowest BCUT2D eigenvalue weighted by Crippen LogP contribution is -2.63. The van der Waals surface area contributed by atoms with Crippen molar-refractivity contribution in [3.05, 3.63) is 41.5 Å². The van der Waals surface area contributed by atoms with Gasteiger partial charge in [-0.25, -0.2) is 4.79 Å². The second kappa shape index (κ2) is 14.0. The number of hydrogen-bond acceptors (Lipinski definition) is 16. The van der Waals surface area contributed by atoms with Crippen LogP contribution >= 0.6 is 0 Å². The lowest BCUT2D eigenvalue weighted by molar-refractivity contribution is -0.351. The first-order valence-electron chi connectivity index (χ1n) is 15.8. The molecule has 16 nitrogen and oxygen atoms in total. The highest BCUT2D eigenvalue weighted by molar-refractivity contribution is 6.14. The van der Waals surface area contributed by atoms with E-state index in [2.05, 4.69) is 0 Å². The minimum absolute atomic E-state index is 0.00378. The van der Waals surface area contributed by atoms with Gasteiger partial charge in [-0.05, 0) is 35.2 Å². The molecule has 270 valence electrons. The van der Waals surface area contributed by atoms with Crippen molar-refractivity contribution in [2.24, 2.45) is 0 Å². The monoisotopic (exact) mass is 702 g/mol. The zero-order valence-corrected chi connectivity index (χ0v) is 27.6. The molecule has 4 heterocycles. The van der Waals surface area contributed by atoms with Gasteiger partial charge in [0.15, 0.2) is 35.4 Å². The minimum Gasteiger partial charge on any atom is -0.493 e. The fourth-order valence-electron chi connectivity index (χ4n) is 6.82. The molecule has 0 radical (unpaired) electrons. The van der Waals surface area contributed by atoms with Crippen molar-refractivity contribution in [1.82, 2.24) is 0 Å². The molecule has 0 aliphatic carbocycles. The van der Waals surface area contributed by atoms with Gasteiger partial charge in [0.25, 0.3) is 0 Å². The first-order valence-corrected chi connectivity index (χ1v) is 15.8. The van der Waals surface area contributed by atoms with Crippen LogP contribution in [0.15, 0.2) is 30.3 Å². The third-order valence-corrected chi connectivity index (χ3v) is 9.41. The van der Waals surface area contributed by atoms with E-state index in [1.807, 2.05) is 6.07 Å². The zero-order valence-electron chi connectivity index (χ0n) is 27.6. The Morgan fingerprint density at radius 3 is 2.24 bits per heavy atom. The maximum atomic E-state index is 13.5. The number of carbonyl (C=O) groups is 1. The summed E-state index contributed by atoms with van der Waals surface area (Å²) in [5.41, 5.74) is 1.85. The molecule has 0 aromatic heterocycles. The van der Waals surface area contributed by atoms with Crippen LogP contribution < -0.4 is 23.7 Å². The average Bonchev–Trinajstić information content (AvgIpc) is 3.77. The van der Waals surface area contributed by atoms with E-state index in [9.17, 15) is 25.2 Å². The lowest BCUT2D eigenvalue weighted by atomic mass is 9.89. The molecule has 50 heavy (non-hydrogen) atoms. The van der Waals surface area contributed by atoms with Gasteiger partial charge in [-0.15, -0.1) is 0 Å². The fraction of sp³-hybridized carbons (Fsp3) is 0.500. The van der Waals surface area contributed by atoms with Crippen LogP contribution in [-0.2, 0) is 35.0 Å². The first kappa shape index (κ1) is 34.5. The van der Waals surface area contributed by atoms with Crippen molar-refractivity contribution in [3.63, 3.8) is 0 Å². The molecule has 0 unspecified atom stereocenters. The summed E-state index contributed by atoms with van der Waals surface area (Å²) in [5, 5.41) is 42.4. The van der Waals surface area contributed by atoms with E-state index in [4.69, 9.17) is 52.1 Å². The van der Waals surface area contributed by atoms with Crippen molar-refractivity contribution in [2.75, 3.05) is 48.4 Å². The lowest BCUT2D eigenvalue weighted by Gasteiger charge is -2.45. The molecule has 2 fully saturated rings. The summed E-state index contributed by atoms with van der Waals surface area (Å²) in [7, 11) is 5.88. The second-order valence-corrected chi connectivity index (χ2v) is 12.0. The molecule has 0 amide bonds. The molecule has 2 saturated heterocycles. The quantitative estimate of drug-likeness (QED) is 0.217. The van der Waals surface area contributed by atoms with E-state index >= 15 is 0 Å². The summed E-state index contributed by atoms with van der Waals surface area (Å²) < 4.78 is 64.1. The molecule has 16 heteroatoms. The minimum atomic E-state index is -1.72. The number of cyclic esters (lactones) is 1. The van der Waals surface area contributed by atoms with Crippen LogP contribution in [0.4, 0.5) is 0 Å². The van der Waals surface area contributed by atoms with Gasteiger partial charge in [-0.3, -0.25) is 0 Å². The van der Waals surface area contributed by atoms with Crippen LogP contribution in [0.25, 0.3) is 21.9 Å². The summed E-state index contributed by atoms with van der Waals surface area (Å²) in [6.07, 6.45) is -11.8. The van der Waals surface area contributed by atoms with Crippen LogP contribution in [0, 0.1) is 0 Å². The zero-order chi connectivity index (χ0) is 35.3. The standard InChI is InChI=1S/C34H38O16/c1-40-19-8-15-16(9-20(19)41-2)29(17-11-44-32(39)25(17)24(15)14-5-6-18-21(7-14)47-13-46-18)49-34-31(30(43-4)23(42-3)12-45-34)50-33-28(38)27(37)26(36)22(10-35)48-33/h5-9,22-23,26-28,30-31,33-38H,10-13H2,1-4H3/t22-,23-,26-,27-,28+,30-,31-,33+,34+/m1/s1. The van der Waals surface area contributed by atoms with Gasteiger partial charge in [0, 0.05) is 30.7 Å². The van der Waals surface area contributed by atoms with Crippen LogP contribution in [0.3, 0.4) is 0 Å². The molecule has 0 saturated carbocycles. The van der Waals surface area contributed by atoms with Gasteiger partial charge in [0.05, 0.1) is 33.0 Å². The predicted octanol–water partition coefficient (Wildman–Crippen LogP) is 0.873. The van der Waals surface area contributed by atoms with Crippen LogP contribution in [0.5, 0.6) is 28.7 Å². The summed E-state index contributed by atoms with van der Waals surface area (Å²) >= 11 is 0. The van der Waals surface area contributed by atoms with Gasteiger partial charge in [0.1, 0.15) is 49.0 Å². The number of fused-ring (bicyclic) bond motifs is 3. The van der Waals surface area contributed by atoms with Crippen molar-refractivity contribution >= 4 is 16.7 Å². The van der Waals surface area contributed by atoms with Gasteiger partial charge in [-0.2, -0.15) is 0 Å². The Balaban J connectivity index is 1.36. The molecule has 0 bridgehead atoms. The fourth-order valence-corrected chi connectivity index (χ4v) is 6.82. The van der Waals surface area contributed by atoms with Crippen molar-refractivity contribution < 1.29 is 77.3 Å². The Morgan fingerprint density at radius 1 is 0.800 bits per heavy atom. The van der Waals surface area contributed by atoms with E-state index in [1.54, 1.807) is 24.3 Å². The Morgan fingerprint density at radius 2 is 1.54 bits per heavy atom. The number of carbonyl (C=O) groups excluding carboxylic acids is 1. The molecule has 4 aliphatic heterocycles. The molecule has 3 aromatic rings. The normalized spacial score (nSPS) is 30.2. The molecule has 3 aromatic carbocycles. The van der Waals surface area contributed by atoms with Crippen molar-refractivity contribution in [2.45, 2.75) is 61.9 Å². The molecule has 0 spiro atoms. The van der Waals surface area contributed by atoms with Crippen LogP contribution in [0.2, 0.25) is 0 Å². The number of ether oxygens (including phenoxy) is 11. The maximum absolute atomic E-state index is 13.5. The molecular formula is C34H38O16. The smallest absolute Gasteiger partial charge is 0.339 e. The molecule has 4 N–H and O–H groups in total. The number of hydrogen-bond donors (Lipinski definition) is 4. The SMILES string of the molecule is COc1cc2c(O[C@@H]3OC[C@@H](OC)[C@@H](OC)[C@H]3O[C@@H]3O[C@H](CO)[C@@H](O)[C@@H](O)[C@@H]3O)c3c(c(-c4ccc5c(c4)OCO5)c2cc1OC)C(=O)OC3. The molecule has 4 aliphatic rings. The van der Waals surface area contributed by atoms with E-state index in [0.29, 0.717) is 50.5 Å². The maximum Gasteiger partial charge on any atom is 0.339 e. The highest BCUT2D eigenvalue weighted by Gasteiger charge is 2.50. The van der Waals surface area contributed by atoms with E-state index < -0.39 is 67.9 Å². The van der Waals surface area contributed by atoms with Gasteiger partial charge in [0.2, 0.25) is 13.1 Å². The number of rotatable bonds is 10. The Hall–Kier alpha value is -3.97.